The van der Waals surface area contributed by atoms with Gasteiger partial charge in [0.1, 0.15) is 9.96 Å². The summed E-state index contributed by atoms with van der Waals surface area (Å²) in [5.74, 6) is 0.745. The van der Waals surface area contributed by atoms with Crippen molar-refractivity contribution in [3.63, 3.8) is 0 Å². The van der Waals surface area contributed by atoms with Gasteiger partial charge in [-0.05, 0) is 49.9 Å². The Bertz CT molecular complexity index is 827. The van der Waals surface area contributed by atoms with E-state index in [1.165, 1.54) is 11.3 Å². The van der Waals surface area contributed by atoms with Gasteiger partial charge in [0.05, 0.1) is 12.2 Å². The minimum atomic E-state index is -3.54. The quantitative estimate of drug-likeness (QED) is 0.667. The van der Waals surface area contributed by atoms with Gasteiger partial charge >= 0.3 is 0 Å². The fraction of sp³-hybridized carbons (Fsp3) is 0.444. The van der Waals surface area contributed by atoms with E-state index in [1.807, 2.05) is 24.3 Å². The summed E-state index contributed by atoms with van der Waals surface area (Å²) in [7, 11) is -3.54. The maximum Gasteiger partial charge on any atom is 0.250 e. The fourth-order valence-corrected chi connectivity index (χ4v) is 5.42. The lowest BCUT2D eigenvalue weighted by Gasteiger charge is -2.27. The molecule has 1 aromatic carbocycles. The first kappa shape index (κ1) is 19.3. The second-order valence-electron chi connectivity index (χ2n) is 6.35. The summed E-state index contributed by atoms with van der Waals surface area (Å²) in [6, 6.07) is 11.1. The molecular weight excluding hydrogens is 372 g/mol. The van der Waals surface area contributed by atoms with Crippen molar-refractivity contribution in [1.29, 1.82) is 0 Å². The van der Waals surface area contributed by atoms with Crippen LogP contribution in [0, 0.1) is 0 Å². The SMILES string of the molecule is NCCNS(=O)(=O)c1ccc(-c2ccccc2O[C@H]2CC[C@H](O)CC2)s1. The van der Waals surface area contributed by atoms with Crippen molar-refractivity contribution in [3.05, 3.63) is 36.4 Å². The smallest absolute Gasteiger partial charge is 0.250 e. The summed E-state index contributed by atoms with van der Waals surface area (Å²) >= 11 is 1.21. The van der Waals surface area contributed by atoms with Gasteiger partial charge < -0.3 is 15.6 Å². The highest BCUT2D eigenvalue weighted by Gasteiger charge is 2.22. The van der Waals surface area contributed by atoms with Crippen molar-refractivity contribution >= 4 is 21.4 Å². The Balaban J connectivity index is 1.80. The second kappa shape index (κ2) is 8.49. The van der Waals surface area contributed by atoms with E-state index in [4.69, 9.17) is 10.5 Å². The van der Waals surface area contributed by atoms with Crippen LogP contribution in [0.25, 0.3) is 10.4 Å². The van der Waals surface area contributed by atoms with Crippen molar-refractivity contribution in [2.45, 2.75) is 42.1 Å². The molecule has 6 nitrogen and oxygen atoms in total. The van der Waals surface area contributed by atoms with Gasteiger partial charge in [-0.1, -0.05) is 12.1 Å². The number of sulfonamides is 1. The van der Waals surface area contributed by atoms with E-state index in [0.717, 1.165) is 41.9 Å². The van der Waals surface area contributed by atoms with E-state index in [-0.39, 0.29) is 29.5 Å². The summed E-state index contributed by atoms with van der Waals surface area (Å²) in [4.78, 5) is 0.838. The first-order valence-corrected chi connectivity index (χ1v) is 11.0. The van der Waals surface area contributed by atoms with Crippen LogP contribution in [-0.4, -0.2) is 38.8 Å². The predicted octanol–water partition coefficient (Wildman–Crippen LogP) is 2.33. The van der Waals surface area contributed by atoms with Crippen molar-refractivity contribution in [2.24, 2.45) is 5.73 Å². The second-order valence-corrected chi connectivity index (χ2v) is 9.43. The summed E-state index contributed by atoms with van der Waals surface area (Å²) in [6.45, 7) is 0.465. The minimum absolute atomic E-state index is 0.0777. The Hall–Kier alpha value is -1.45. The summed E-state index contributed by atoms with van der Waals surface area (Å²) in [6.07, 6.45) is 3.00. The number of hydrogen-bond donors (Lipinski definition) is 3. The van der Waals surface area contributed by atoms with Crippen LogP contribution >= 0.6 is 11.3 Å². The first-order valence-electron chi connectivity index (χ1n) is 8.73. The zero-order valence-electron chi connectivity index (χ0n) is 14.4. The molecule has 8 heteroatoms. The average Bonchev–Trinajstić information content (AvgIpc) is 3.13. The van der Waals surface area contributed by atoms with Crippen molar-refractivity contribution in [2.75, 3.05) is 13.1 Å². The van der Waals surface area contributed by atoms with Crippen LogP contribution in [0.15, 0.2) is 40.6 Å². The maximum atomic E-state index is 12.3. The van der Waals surface area contributed by atoms with Gasteiger partial charge in [-0.2, -0.15) is 0 Å². The molecule has 0 spiro atoms. The summed E-state index contributed by atoms with van der Waals surface area (Å²) in [5, 5.41) is 9.64. The number of nitrogens with one attached hydrogen (secondary N) is 1. The molecule has 1 aliphatic rings. The third-order valence-electron chi connectivity index (χ3n) is 4.37. The Kier molecular flexibility index (Phi) is 6.31. The molecule has 0 saturated heterocycles. The van der Waals surface area contributed by atoms with Gasteiger partial charge in [-0.3, -0.25) is 0 Å². The Labute approximate surface area is 158 Å². The lowest BCUT2D eigenvalue weighted by molar-refractivity contribution is 0.0669. The predicted molar refractivity (Wildman–Crippen MR) is 103 cm³/mol. The van der Waals surface area contributed by atoms with Gasteiger partial charge in [-0.15, -0.1) is 11.3 Å². The monoisotopic (exact) mass is 396 g/mol. The molecule has 0 amide bonds. The molecule has 2 aromatic rings. The summed E-state index contributed by atoms with van der Waals surface area (Å²) < 4.78 is 33.4. The van der Waals surface area contributed by atoms with Gasteiger partial charge in [0.2, 0.25) is 10.0 Å². The summed E-state index contributed by atoms with van der Waals surface area (Å²) in [5.41, 5.74) is 6.25. The third-order valence-corrected chi connectivity index (χ3v) is 7.44. The van der Waals surface area contributed by atoms with E-state index >= 15 is 0 Å². The van der Waals surface area contributed by atoms with Crippen LogP contribution in [0.4, 0.5) is 0 Å². The third kappa shape index (κ3) is 4.63. The molecule has 4 N–H and O–H groups in total. The van der Waals surface area contributed by atoms with Crippen LogP contribution in [-0.2, 0) is 10.0 Å². The van der Waals surface area contributed by atoms with E-state index in [9.17, 15) is 13.5 Å². The molecule has 0 bridgehead atoms. The van der Waals surface area contributed by atoms with Gasteiger partial charge in [0, 0.05) is 23.5 Å². The number of hydrogen-bond acceptors (Lipinski definition) is 6. The van der Waals surface area contributed by atoms with E-state index in [2.05, 4.69) is 4.72 Å². The van der Waals surface area contributed by atoms with Crippen LogP contribution in [0.3, 0.4) is 0 Å². The first-order chi connectivity index (χ1) is 12.5. The van der Waals surface area contributed by atoms with Crippen molar-refractivity contribution in [3.8, 4) is 16.2 Å². The number of aliphatic hydroxyl groups is 1. The van der Waals surface area contributed by atoms with Crippen LogP contribution < -0.4 is 15.2 Å². The molecule has 26 heavy (non-hydrogen) atoms. The molecule has 0 unspecified atom stereocenters. The van der Waals surface area contributed by atoms with Crippen molar-refractivity contribution < 1.29 is 18.3 Å². The normalized spacial score (nSPS) is 20.8. The highest BCUT2D eigenvalue weighted by Crippen LogP contribution is 2.37. The standard InChI is InChI=1S/C18H24N2O4S2/c19-11-12-20-26(22,23)18-10-9-17(25-18)15-3-1-2-4-16(15)24-14-7-5-13(21)6-8-14/h1-4,9-10,13-14,20-21H,5-8,11-12,19H2/t13-,14-. The van der Waals surface area contributed by atoms with Gasteiger partial charge in [0.15, 0.2) is 0 Å². The number of aliphatic hydroxyl groups excluding tert-OH is 1. The average molecular weight is 397 g/mol. The topological polar surface area (TPSA) is 102 Å². The lowest BCUT2D eigenvalue weighted by Crippen LogP contribution is -2.28. The molecule has 0 atom stereocenters. The van der Waals surface area contributed by atoms with Gasteiger partial charge in [0.25, 0.3) is 0 Å². The van der Waals surface area contributed by atoms with Crippen molar-refractivity contribution in [1.82, 2.24) is 4.72 Å². The molecule has 1 saturated carbocycles. The largest absolute Gasteiger partial charge is 0.490 e. The Morgan fingerprint density at radius 3 is 2.62 bits per heavy atom. The number of ether oxygens (including phenoxy) is 1. The Morgan fingerprint density at radius 2 is 1.88 bits per heavy atom. The highest BCUT2D eigenvalue weighted by molar-refractivity contribution is 7.91. The molecule has 1 aliphatic carbocycles. The number of thiophene rings is 1. The van der Waals surface area contributed by atoms with E-state index < -0.39 is 10.0 Å². The Morgan fingerprint density at radius 1 is 1.15 bits per heavy atom. The number of para-hydroxylation sites is 1. The zero-order chi connectivity index (χ0) is 18.6. The number of rotatable bonds is 7. The fourth-order valence-electron chi connectivity index (χ4n) is 2.99. The van der Waals surface area contributed by atoms with Gasteiger partial charge in [-0.25, -0.2) is 13.1 Å². The number of nitrogens with two attached hydrogens (primary N) is 1. The van der Waals surface area contributed by atoms with E-state index in [1.54, 1.807) is 12.1 Å². The molecule has 3 rings (SSSR count). The number of benzene rings is 1. The zero-order valence-corrected chi connectivity index (χ0v) is 16.1. The minimum Gasteiger partial charge on any atom is -0.490 e. The molecule has 1 fully saturated rings. The molecule has 1 heterocycles. The molecule has 0 aliphatic heterocycles. The molecule has 142 valence electrons. The maximum absolute atomic E-state index is 12.3. The highest BCUT2D eigenvalue weighted by atomic mass is 32.2. The lowest BCUT2D eigenvalue weighted by atomic mass is 9.95. The molecular formula is C18H24N2O4S2. The molecule has 0 radical (unpaired) electrons. The van der Waals surface area contributed by atoms with Crippen LogP contribution in [0.1, 0.15) is 25.7 Å². The van der Waals surface area contributed by atoms with E-state index in [0.29, 0.717) is 0 Å². The van der Waals surface area contributed by atoms with Crippen LogP contribution in [0.5, 0.6) is 5.75 Å². The van der Waals surface area contributed by atoms with Crippen LogP contribution in [0.2, 0.25) is 0 Å². The molecule has 1 aromatic heterocycles.